The summed E-state index contributed by atoms with van der Waals surface area (Å²) in [5, 5.41) is 9.73. The topological polar surface area (TPSA) is 96.4 Å². The van der Waals surface area contributed by atoms with Crippen LogP contribution >= 0.6 is 0 Å². The molecule has 1 aromatic rings. The summed E-state index contributed by atoms with van der Waals surface area (Å²) in [6, 6.07) is 4.64. The van der Waals surface area contributed by atoms with Gasteiger partial charge in [0, 0.05) is 32.7 Å². The number of hydrogen-bond acceptors (Lipinski definition) is 6. The van der Waals surface area contributed by atoms with Crippen molar-refractivity contribution in [3.05, 3.63) is 29.8 Å². The zero-order chi connectivity index (χ0) is 23.5. The van der Waals surface area contributed by atoms with Crippen LogP contribution in [0.3, 0.4) is 0 Å². The molecule has 0 fully saturated rings. The fourth-order valence-corrected chi connectivity index (χ4v) is 6.01. The normalized spacial score (nSPS) is 24.0. The highest BCUT2D eigenvalue weighted by molar-refractivity contribution is 7.89. The van der Waals surface area contributed by atoms with Crippen LogP contribution < -0.4 is 4.74 Å². The first-order chi connectivity index (χ1) is 15.2. The van der Waals surface area contributed by atoms with E-state index in [2.05, 4.69) is 6.08 Å². The number of sulfonamides is 1. The van der Waals surface area contributed by atoms with Crippen molar-refractivity contribution in [1.82, 2.24) is 9.21 Å². The maximum atomic E-state index is 13.5. The molecule has 178 valence electrons. The molecule has 0 saturated heterocycles. The van der Waals surface area contributed by atoms with E-state index in [1.807, 2.05) is 13.0 Å². The smallest absolute Gasteiger partial charge is 0.248 e. The largest absolute Gasteiger partial charge is 0.487 e. The highest BCUT2D eigenvalue weighted by Crippen LogP contribution is 2.37. The van der Waals surface area contributed by atoms with Crippen LogP contribution in [0.4, 0.5) is 0 Å². The van der Waals surface area contributed by atoms with Crippen LogP contribution in [0.25, 0.3) is 5.57 Å². The zero-order valence-corrected chi connectivity index (χ0v) is 20.1. The molecule has 3 atom stereocenters. The fourth-order valence-electron chi connectivity index (χ4n) is 4.18. The second-order valence-electron chi connectivity index (χ2n) is 8.73. The molecule has 1 aromatic carbocycles. The molecule has 0 unspecified atom stereocenters. The average molecular weight is 467 g/mol. The first kappa shape index (κ1) is 24.7. The van der Waals surface area contributed by atoms with E-state index < -0.39 is 22.2 Å². The number of likely N-dealkylation sites (N-methyl/N-ethyl adjacent to an activating group) is 1. The summed E-state index contributed by atoms with van der Waals surface area (Å²) >= 11 is 0. The van der Waals surface area contributed by atoms with Crippen molar-refractivity contribution in [2.45, 2.75) is 50.2 Å². The second kappa shape index (κ2) is 10.3. The van der Waals surface area contributed by atoms with E-state index in [4.69, 9.17) is 9.47 Å². The third-order valence-corrected chi connectivity index (χ3v) is 8.25. The lowest BCUT2D eigenvalue weighted by molar-refractivity contribution is -0.135. The van der Waals surface area contributed by atoms with Crippen LogP contribution in [-0.2, 0) is 19.6 Å². The van der Waals surface area contributed by atoms with Gasteiger partial charge in [0.15, 0.2) is 0 Å². The van der Waals surface area contributed by atoms with Gasteiger partial charge in [-0.2, -0.15) is 4.31 Å². The molecule has 3 rings (SSSR count). The third kappa shape index (κ3) is 5.17. The van der Waals surface area contributed by atoms with E-state index in [9.17, 15) is 18.3 Å². The fraction of sp³-hybridized carbons (Fsp3) is 0.609. The van der Waals surface area contributed by atoms with Crippen molar-refractivity contribution in [3.63, 3.8) is 0 Å². The van der Waals surface area contributed by atoms with Gasteiger partial charge in [-0.25, -0.2) is 8.42 Å². The summed E-state index contributed by atoms with van der Waals surface area (Å²) in [6.45, 7) is 3.73. The van der Waals surface area contributed by atoms with Crippen LogP contribution in [0.2, 0.25) is 0 Å². The number of fused-ring (bicyclic) bond motifs is 1. The van der Waals surface area contributed by atoms with Crippen molar-refractivity contribution >= 4 is 21.5 Å². The minimum Gasteiger partial charge on any atom is -0.487 e. The Morgan fingerprint density at radius 2 is 2.16 bits per heavy atom. The van der Waals surface area contributed by atoms with Gasteiger partial charge < -0.3 is 19.5 Å². The molecule has 1 aliphatic carbocycles. The van der Waals surface area contributed by atoms with Gasteiger partial charge in [-0.15, -0.1) is 0 Å². The van der Waals surface area contributed by atoms with Gasteiger partial charge in [0.2, 0.25) is 15.9 Å². The summed E-state index contributed by atoms with van der Waals surface area (Å²) in [6.07, 6.45) is 4.79. The lowest BCUT2D eigenvalue weighted by Gasteiger charge is -2.37. The number of allylic oxidation sites excluding steroid dienone is 2. The van der Waals surface area contributed by atoms with Gasteiger partial charge in [-0.3, -0.25) is 4.79 Å². The molecule has 0 bridgehead atoms. The lowest BCUT2D eigenvalue weighted by Crippen LogP contribution is -2.50. The van der Waals surface area contributed by atoms with Gasteiger partial charge >= 0.3 is 0 Å². The molecule has 1 N–H and O–H groups in total. The quantitative estimate of drug-likeness (QED) is 0.661. The van der Waals surface area contributed by atoms with Crippen molar-refractivity contribution in [2.24, 2.45) is 5.92 Å². The number of aliphatic hydroxyl groups excluding tert-OH is 1. The molecule has 1 aliphatic heterocycles. The number of hydrogen-bond donors (Lipinski definition) is 1. The molecule has 0 radical (unpaired) electrons. The predicted molar refractivity (Wildman–Crippen MR) is 122 cm³/mol. The van der Waals surface area contributed by atoms with Gasteiger partial charge in [0.25, 0.3) is 0 Å². The summed E-state index contributed by atoms with van der Waals surface area (Å²) in [5.74, 6) is -0.114. The third-order valence-electron chi connectivity index (χ3n) is 6.23. The molecule has 0 spiro atoms. The Balaban J connectivity index is 2.04. The van der Waals surface area contributed by atoms with Crippen LogP contribution in [0.15, 0.2) is 29.2 Å². The Labute approximate surface area is 190 Å². The lowest BCUT2D eigenvalue weighted by atomic mass is 10.0. The molecule has 0 aromatic heterocycles. The predicted octanol–water partition coefficient (Wildman–Crippen LogP) is 2.13. The maximum absolute atomic E-state index is 13.5. The molecule has 0 saturated carbocycles. The molecular weight excluding hydrogens is 432 g/mol. The number of methoxy groups -OCH3 is 1. The maximum Gasteiger partial charge on any atom is 0.248 e. The van der Waals surface area contributed by atoms with Gasteiger partial charge in [-0.05, 0) is 49.5 Å². The van der Waals surface area contributed by atoms with E-state index in [1.54, 1.807) is 31.0 Å². The average Bonchev–Trinajstić information content (AvgIpc) is 3.30. The molecule has 1 heterocycles. The minimum absolute atomic E-state index is 0.0332. The summed E-state index contributed by atoms with van der Waals surface area (Å²) in [7, 11) is -0.726. The molecular formula is C23H34N2O6S. The number of benzene rings is 1. The second-order valence-corrected chi connectivity index (χ2v) is 10.6. The van der Waals surface area contributed by atoms with Crippen molar-refractivity contribution in [1.29, 1.82) is 0 Å². The number of carbonyl (C=O) groups is 1. The van der Waals surface area contributed by atoms with Crippen LogP contribution in [-0.4, -0.2) is 81.2 Å². The number of carbonyl (C=O) groups excluding carboxylic acids is 1. The number of ether oxygens (including phenoxy) is 2. The van der Waals surface area contributed by atoms with E-state index in [0.717, 1.165) is 24.8 Å². The Bertz CT molecular complexity index is 961. The van der Waals surface area contributed by atoms with Gasteiger partial charge in [0.1, 0.15) is 23.4 Å². The molecule has 32 heavy (non-hydrogen) atoms. The Morgan fingerprint density at radius 3 is 2.78 bits per heavy atom. The summed E-state index contributed by atoms with van der Waals surface area (Å²) in [4.78, 5) is 13.9. The molecule has 2 aliphatic rings. The van der Waals surface area contributed by atoms with E-state index in [1.165, 1.54) is 17.0 Å². The van der Waals surface area contributed by atoms with Crippen LogP contribution in [0.1, 0.15) is 38.7 Å². The van der Waals surface area contributed by atoms with E-state index in [-0.39, 0.29) is 48.8 Å². The Kier molecular flexibility index (Phi) is 7.97. The Hall–Kier alpha value is -1.94. The van der Waals surface area contributed by atoms with Crippen molar-refractivity contribution < 1.29 is 27.8 Å². The standard InChI is InChI=1S/C23H34N2O6S/c1-16-12-25(17(2)14-26)32(28,29)22-10-9-19(18-7-5-6-8-18)11-20(22)31-21(16)13-24(3)23(27)15-30-4/h7,9-11,16-17,21,26H,5-6,8,12-15H2,1-4H3/t16-,17-,21-/m0/s1. The van der Waals surface area contributed by atoms with Gasteiger partial charge in [-0.1, -0.05) is 19.1 Å². The molecule has 9 heteroatoms. The van der Waals surface area contributed by atoms with Crippen LogP contribution in [0.5, 0.6) is 5.75 Å². The van der Waals surface area contributed by atoms with E-state index >= 15 is 0 Å². The molecule has 1 amide bonds. The summed E-state index contributed by atoms with van der Waals surface area (Å²) in [5.41, 5.74) is 2.14. The minimum atomic E-state index is -3.88. The highest BCUT2D eigenvalue weighted by atomic mass is 32.2. The zero-order valence-electron chi connectivity index (χ0n) is 19.3. The van der Waals surface area contributed by atoms with Gasteiger partial charge in [0.05, 0.1) is 13.2 Å². The first-order valence-corrected chi connectivity index (χ1v) is 12.5. The molecule has 8 nitrogen and oxygen atoms in total. The first-order valence-electron chi connectivity index (χ1n) is 11.0. The number of nitrogens with zero attached hydrogens (tertiary/aromatic N) is 2. The number of rotatable bonds is 7. The van der Waals surface area contributed by atoms with Crippen molar-refractivity contribution in [2.75, 3.05) is 40.5 Å². The Morgan fingerprint density at radius 1 is 1.41 bits per heavy atom. The SMILES string of the molecule is COCC(=O)N(C)C[C@@H]1Oc2cc(C3=CCCC3)ccc2S(=O)(=O)N([C@@H](C)CO)C[C@@H]1C. The number of aliphatic hydroxyl groups is 1. The summed E-state index contributed by atoms with van der Waals surface area (Å²) < 4.78 is 39.6. The van der Waals surface area contributed by atoms with Crippen LogP contribution in [0, 0.1) is 5.92 Å². The van der Waals surface area contributed by atoms with E-state index in [0.29, 0.717) is 0 Å². The number of amides is 1. The van der Waals surface area contributed by atoms with Crippen molar-refractivity contribution in [3.8, 4) is 5.75 Å². The monoisotopic (exact) mass is 466 g/mol. The highest BCUT2D eigenvalue weighted by Gasteiger charge is 2.38.